The van der Waals surface area contributed by atoms with Gasteiger partial charge in [0.05, 0.1) is 27.1 Å². The molecule has 0 fully saturated rings. The third-order valence-corrected chi connectivity index (χ3v) is 7.68. The van der Waals surface area contributed by atoms with Crippen LogP contribution in [0.3, 0.4) is 0 Å². The van der Waals surface area contributed by atoms with Crippen LogP contribution < -0.4 is 30.2 Å². The van der Waals surface area contributed by atoms with E-state index in [2.05, 4.69) is 31.9 Å². The van der Waals surface area contributed by atoms with Gasteiger partial charge in [-0.25, -0.2) is 0 Å². The lowest BCUT2D eigenvalue weighted by atomic mass is 10.1. The predicted octanol–water partition coefficient (Wildman–Crippen LogP) is 6.62. The molecule has 3 N–H and O–H groups in total. The van der Waals surface area contributed by atoms with Crippen LogP contribution in [0.2, 0.25) is 0 Å². The molecule has 4 aromatic carbocycles. The van der Waals surface area contributed by atoms with Gasteiger partial charge < -0.3 is 30.2 Å². The van der Waals surface area contributed by atoms with E-state index in [0.29, 0.717) is 39.8 Å². The molecular formula is C33H30BrN3O6S. The summed E-state index contributed by atoms with van der Waals surface area (Å²) in [6.45, 7) is 0. The van der Waals surface area contributed by atoms with Crippen LogP contribution >= 0.6 is 27.7 Å². The van der Waals surface area contributed by atoms with Crippen LogP contribution in [0.25, 0.3) is 6.08 Å². The summed E-state index contributed by atoms with van der Waals surface area (Å²) in [5, 5.41) is 8.40. The summed E-state index contributed by atoms with van der Waals surface area (Å²) < 4.78 is 17.2. The summed E-state index contributed by atoms with van der Waals surface area (Å²) in [6.07, 6.45) is 1.52. The van der Waals surface area contributed by atoms with Gasteiger partial charge in [0.15, 0.2) is 11.5 Å². The number of ether oxygens (including phenoxy) is 3. The van der Waals surface area contributed by atoms with Crippen molar-refractivity contribution in [3.63, 3.8) is 0 Å². The molecule has 0 unspecified atom stereocenters. The first-order valence-corrected chi connectivity index (χ1v) is 15.0. The van der Waals surface area contributed by atoms with Gasteiger partial charge in [0.25, 0.3) is 11.8 Å². The smallest absolute Gasteiger partial charge is 0.272 e. The molecule has 0 heterocycles. The number of benzene rings is 4. The standard InChI is InChI=1S/C33H30BrN3O6S/c1-41-28-18-21(19-29(42-2)31(28)43-3)17-27(37-32(39)22-7-5-4-6-8-22)33(40)36-25-13-15-26(16-14-25)44-20-30(38)35-24-11-9-23(34)10-12-24/h4-19H,20H2,1-3H3,(H,35,38)(H,36,40)(H,37,39)/b27-17-. The van der Waals surface area contributed by atoms with Gasteiger partial charge in [0, 0.05) is 26.3 Å². The molecular weight excluding hydrogens is 646 g/mol. The van der Waals surface area contributed by atoms with Crippen molar-refractivity contribution in [3.8, 4) is 17.2 Å². The van der Waals surface area contributed by atoms with Gasteiger partial charge in [0.2, 0.25) is 11.7 Å². The molecule has 0 radical (unpaired) electrons. The molecule has 0 saturated heterocycles. The first kappa shape index (κ1) is 32.2. The van der Waals surface area contributed by atoms with Gasteiger partial charge in [0.1, 0.15) is 5.70 Å². The molecule has 0 saturated carbocycles. The summed E-state index contributed by atoms with van der Waals surface area (Å²) in [6, 6.07) is 26.3. The number of hydrogen-bond donors (Lipinski definition) is 3. The topological polar surface area (TPSA) is 115 Å². The molecule has 0 aliphatic heterocycles. The lowest BCUT2D eigenvalue weighted by molar-refractivity contribution is -0.114. The molecule has 3 amide bonds. The van der Waals surface area contributed by atoms with Gasteiger partial charge >= 0.3 is 0 Å². The number of amides is 3. The van der Waals surface area contributed by atoms with E-state index >= 15 is 0 Å². The second-order valence-electron chi connectivity index (χ2n) is 9.16. The zero-order chi connectivity index (χ0) is 31.5. The van der Waals surface area contributed by atoms with Crippen molar-refractivity contribution in [3.05, 3.63) is 112 Å². The Morgan fingerprint density at radius 1 is 0.773 bits per heavy atom. The molecule has 0 spiro atoms. The Morgan fingerprint density at radius 2 is 1.36 bits per heavy atom. The number of rotatable bonds is 12. The fourth-order valence-electron chi connectivity index (χ4n) is 4.01. The van der Waals surface area contributed by atoms with E-state index in [1.165, 1.54) is 39.2 Å². The highest BCUT2D eigenvalue weighted by atomic mass is 79.9. The molecule has 11 heteroatoms. The lowest BCUT2D eigenvalue weighted by Gasteiger charge is -2.15. The van der Waals surface area contributed by atoms with Crippen molar-refractivity contribution in [1.29, 1.82) is 0 Å². The Balaban J connectivity index is 1.49. The Kier molecular flexibility index (Phi) is 11.4. The fourth-order valence-corrected chi connectivity index (χ4v) is 4.97. The first-order chi connectivity index (χ1) is 21.3. The summed E-state index contributed by atoms with van der Waals surface area (Å²) in [4.78, 5) is 39.7. The molecule has 0 aliphatic rings. The predicted molar refractivity (Wildman–Crippen MR) is 177 cm³/mol. The molecule has 4 aromatic rings. The van der Waals surface area contributed by atoms with E-state index in [-0.39, 0.29) is 17.4 Å². The van der Waals surface area contributed by atoms with Gasteiger partial charge in [-0.15, -0.1) is 11.8 Å². The number of methoxy groups -OCH3 is 3. The van der Waals surface area contributed by atoms with Crippen LogP contribution in [0.5, 0.6) is 17.2 Å². The molecule has 9 nitrogen and oxygen atoms in total. The number of halogens is 1. The largest absolute Gasteiger partial charge is 0.493 e. The molecule has 44 heavy (non-hydrogen) atoms. The quantitative estimate of drug-likeness (QED) is 0.114. The van der Waals surface area contributed by atoms with Crippen LogP contribution in [0, 0.1) is 0 Å². The van der Waals surface area contributed by atoms with E-state index < -0.39 is 11.8 Å². The van der Waals surface area contributed by atoms with Crippen LogP contribution in [0.4, 0.5) is 11.4 Å². The molecule has 0 aliphatic carbocycles. The van der Waals surface area contributed by atoms with Gasteiger partial charge in [-0.3, -0.25) is 14.4 Å². The monoisotopic (exact) mass is 675 g/mol. The second-order valence-corrected chi connectivity index (χ2v) is 11.1. The van der Waals surface area contributed by atoms with Gasteiger partial charge in [-0.1, -0.05) is 34.1 Å². The van der Waals surface area contributed by atoms with E-state index in [1.807, 2.05) is 24.3 Å². The maximum Gasteiger partial charge on any atom is 0.272 e. The highest BCUT2D eigenvalue weighted by Crippen LogP contribution is 2.38. The van der Waals surface area contributed by atoms with Crippen molar-refractivity contribution >= 4 is 62.9 Å². The number of nitrogens with one attached hydrogen (secondary N) is 3. The zero-order valence-corrected chi connectivity index (χ0v) is 26.6. The molecule has 4 rings (SSSR count). The van der Waals surface area contributed by atoms with Crippen LogP contribution in [-0.2, 0) is 9.59 Å². The maximum absolute atomic E-state index is 13.5. The Hall–Kier alpha value is -4.74. The second kappa shape index (κ2) is 15.6. The Labute approximate surface area is 268 Å². The van der Waals surface area contributed by atoms with Crippen molar-refractivity contribution in [2.24, 2.45) is 0 Å². The normalized spacial score (nSPS) is 10.9. The molecule has 0 aromatic heterocycles. The van der Waals surface area contributed by atoms with Crippen molar-refractivity contribution < 1.29 is 28.6 Å². The van der Waals surface area contributed by atoms with Gasteiger partial charge in [-0.2, -0.15) is 0 Å². The van der Waals surface area contributed by atoms with E-state index in [9.17, 15) is 14.4 Å². The van der Waals surface area contributed by atoms with Crippen LogP contribution in [-0.4, -0.2) is 44.8 Å². The Bertz CT molecular complexity index is 1620. The number of thioether (sulfide) groups is 1. The highest BCUT2D eigenvalue weighted by Gasteiger charge is 2.18. The fraction of sp³-hybridized carbons (Fsp3) is 0.121. The number of anilines is 2. The molecule has 0 bridgehead atoms. The van der Waals surface area contributed by atoms with Crippen LogP contribution in [0.1, 0.15) is 15.9 Å². The maximum atomic E-state index is 13.5. The lowest BCUT2D eigenvalue weighted by Crippen LogP contribution is -2.30. The van der Waals surface area contributed by atoms with E-state index in [0.717, 1.165) is 9.37 Å². The number of carbonyl (C=O) groups is 3. The average molecular weight is 677 g/mol. The molecule has 226 valence electrons. The third kappa shape index (κ3) is 8.88. The summed E-state index contributed by atoms with van der Waals surface area (Å²) in [7, 11) is 4.48. The average Bonchev–Trinajstić information content (AvgIpc) is 3.05. The van der Waals surface area contributed by atoms with Crippen molar-refractivity contribution in [2.75, 3.05) is 37.7 Å². The van der Waals surface area contributed by atoms with Gasteiger partial charge in [-0.05, 0) is 84.4 Å². The Morgan fingerprint density at radius 3 is 1.95 bits per heavy atom. The minimum atomic E-state index is -0.544. The van der Waals surface area contributed by atoms with Crippen molar-refractivity contribution in [1.82, 2.24) is 5.32 Å². The minimum Gasteiger partial charge on any atom is -0.493 e. The number of hydrogen-bond acceptors (Lipinski definition) is 7. The third-order valence-electron chi connectivity index (χ3n) is 6.14. The number of carbonyl (C=O) groups excluding carboxylic acids is 3. The van der Waals surface area contributed by atoms with E-state index in [4.69, 9.17) is 14.2 Å². The SMILES string of the molecule is COc1cc(/C=C(\NC(=O)c2ccccc2)C(=O)Nc2ccc(SCC(=O)Nc3ccc(Br)cc3)cc2)cc(OC)c1OC. The van der Waals surface area contributed by atoms with Crippen molar-refractivity contribution in [2.45, 2.75) is 4.90 Å². The van der Waals surface area contributed by atoms with E-state index in [1.54, 1.807) is 66.7 Å². The summed E-state index contributed by atoms with van der Waals surface area (Å²) >= 11 is 4.74. The summed E-state index contributed by atoms with van der Waals surface area (Å²) in [5.41, 5.74) is 2.14. The minimum absolute atomic E-state index is 0.00353. The van der Waals surface area contributed by atoms with Crippen LogP contribution in [0.15, 0.2) is 106 Å². The highest BCUT2D eigenvalue weighted by molar-refractivity contribution is 9.10. The molecule has 0 atom stereocenters. The zero-order valence-electron chi connectivity index (χ0n) is 24.2. The summed E-state index contributed by atoms with van der Waals surface area (Å²) in [5.74, 6) is 0.275. The first-order valence-electron chi connectivity index (χ1n) is 13.3.